The Morgan fingerprint density at radius 2 is 1.73 bits per heavy atom. The number of aryl methyl sites for hydroxylation is 1. The molecular formula is C30H23Cl2N3O5S. The Hall–Kier alpha value is -4.18. The summed E-state index contributed by atoms with van der Waals surface area (Å²) in [7, 11) is 0. The minimum absolute atomic E-state index is 0.0402. The van der Waals surface area contributed by atoms with Crippen molar-refractivity contribution in [3.63, 3.8) is 0 Å². The maximum atomic E-state index is 13.9. The van der Waals surface area contributed by atoms with E-state index >= 15 is 0 Å². The summed E-state index contributed by atoms with van der Waals surface area (Å²) in [6.07, 6.45) is 1.62. The Balaban J connectivity index is 1.62. The van der Waals surface area contributed by atoms with Gasteiger partial charge in [-0.15, -0.1) is 0 Å². The molecule has 0 aliphatic carbocycles. The third-order valence-corrected chi connectivity index (χ3v) is 7.89. The topological polar surface area (TPSA) is 110 Å². The molecule has 0 spiro atoms. The number of para-hydroxylation sites is 1. The van der Waals surface area contributed by atoms with Gasteiger partial charge in [-0.3, -0.25) is 14.2 Å². The van der Waals surface area contributed by atoms with Crippen LogP contribution in [-0.2, 0) is 9.59 Å². The van der Waals surface area contributed by atoms with E-state index in [-0.39, 0.29) is 27.3 Å². The summed E-state index contributed by atoms with van der Waals surface area (Å²) in [6.45, 7) is 3.12. The number of hydrogen-bond donors (Lipinski definition) is 2. The number of rotatable bonds is 7. The van der Waals surface area contributed by atoms with E-state index in [0.717, 1.165) is 11.1 Å². The first-order valence-electron chi connectivity index (χ1n) is 12.4. The second kappa shape index (κ2) is 11.7. The summed E-state index contributed by atoms with van der Waals surface area (Å²) < 4.78 is 7.07. The van der Waals surface area contributed by atoms with Crippen LogP contribution in [0.2, 0.25) is 10.0 Å². The van der Waals surface area contributed by atoms with Crippen molar-refractivity contribution in [3.05, 3.63) is 124 Å². The maximum absolute atomic E-state index is 13.9. The SMILES string of the molecule is CC1=C(C(=O)Nc2ccccc2)[C@H](c2ccc(C)cc2)n2c(s/c(=C\c3cc(Cl)c(OCC(=O)O)c(Cl)c3)c2=O)=N1. The van der Waals surface area contributed by atoms with Crippen molar-refractivity contribution in [2.24, 2.45) is 4.99 Å². The fourth-order valence-corrected chi connectivity index (χ4v) is 6.14. The standard InChI is InChI=1S/C30H23Cl2N3O5S/c1-16-8-10-19(11-9-16)26-25(28(38)34-20-6-4-3-5-7-20)17(2)33-30-35(26)29(39)23(41-30)14-18-12-21(31)27(22(32)13-18)40-15-24(36)37/h3-14,26H,15H2,1-2H3,(H,34,38)(H,36,37)/b23-14-/t26-/m0/s1. The molecule has 1 aromatic heterocycles. The van der Waals surface area contributed by atoms with E-state index in [1.54, 1.807) is 25.1 Å². The highest BCUT2D eigenvalue weighted by atomic mass is 35.5. The Morgan fingerprint density at radius 3 is 2.37 bits per heavy atom. The van der Waals surface area contributed by atoms with E-state index in [9.17, 15) is 14.4 Å². The fraction of sp³-hybridized carbons (Fsp3) is 0.133. The molecule has 0 bridgehead atoms. The molecule has 1 aliphatic heterocycles. The molecule has 1 amide bonds. The second-order valence-corrected chi connectivity index (χ2v) is 11.1. The van der Waals surface area contributed by atoms with Crippen LogP contribution in [0.3, 0.4) is 0 Å². The van der Waals surface area contributed by atoms with Crippen LogP contribution in [-0.4, -0.2) is 28.2 Å². The molecule has 0 saturated carbocycles. The van der Waals surface area contributed by atoms with Gasteiger partial charge >= 0.3 is 5.97 Å². The molecule has 2 heterocycles. The number of aliphatic carboxylic acids is 1. The molecule has 8 nitrogen and oxygen atoms in total. The molecule has 1 atom stereocenters. The van der Waals surface area contributed by atoms with Gasteiger partial charge in [-0.1, -0.05) is 82.6 Å². The molecule has 0 fully saturated rings. The minimum atomic E-state index is -1.17. The Kier molecular flexibility index (Phi) is 8.12. The van der Waals surface area contributed by atoms with E-state index in [1.165, 1.54) is 28.0 Å². The van der Waals surface area contributed by atoms with Crippen molar-refractivity contribution in [2.75, 3.05) is 11.9 Å². The number of carbonyl (C=O) groups is 2. The number of halogens is 2. The number of aromatic nitrogens is 1. The fourth-order valence-electron chi connectivity index (χ4n) is 4.48. The van der Waals surface area contributed by atoms with Crippen LogP contribution >= 0.6 is 34.5 Å². The number of thiazole rings is 1. The van der Waals surface area contributed by atoms with Crippen LogP contribution in [0, 0.1) is 6.92 Å². The number of ether oxygens (including phenoxy) is 1. The van der Waals surface area contributed by atoms with Crippen LogP contribution in [0.1, 0.15) is 29.7 Å². The monoisotopic (exact) mass is 607 g/mol. The lowest BCUT2D eigenvalue weighted by Crippen LogP contribution is -2.40. The molecule has 3 aromatic carbocycles. The molecule has 0 saturated heterocycles. The van der Waals surface area contributed by atoms with E-state index < -0.39 is 18.6 Å². The van der Waals surface area contributed by atoms with E-state index in [0.29, 0.717) is 31.9 Å². The lowest BCUT2D eigenvalue weighted by molar-refractivity contribution is -0.139. The first-order valence-corrected chi connectivity index (χ1v) is 14.0. The summed E-state index contributed by atoms with van der Waals surface area (Å²) in [5.74, 6) is -1.48. The lowest BCUT2D eigenvalue weighted by Gasteiger charge is -2.25. The van der Waals surface area contributed by atoms with Crippen molar-refractivity contribution in [2.45, 2.75) is 19.9 Å². The lowest BCUT2D eigenvalue weighted by atomic mass is 9.94. The molecule has 208 valence electrons. The highest BCUT2D eigenvalue weighted by Gasteiger charge is 2.32. The first-order chi connectivity index (χ1) is 19.6. The summed E-state index contributed by atoms with van der Waals surface area (Å²) in [5, 5.41) is 12.0. The Labute approximate surface area is 248 Å². The molecule has 11 heteroatoms. The summed E-state index contributed by atoms with van der Waals surface area (Å²) in [5.41, 5.74) is 3.48. The predicted molar refractivity (Wildman–Crippen MR) is 160 cm³/mol. The van der Waals surface area contributed by atoms with Crippen molar-refractivity contribution in [1.29, 1.82) is 0 Å². The van der Waals surface area contributed by atoms with Crippen molar-refractivity contribution >= 4 is 58.2 Å². The average Bonchev–Trinajstić information content (AvgIpc) is 3.22. The van der Waals surface area contributed by atoms with Gasteiger partial charge in [0.2, 0.25) is 0 Å². The van der Waals surface area contributed by atoms with Gasteiger partial charge in [0.05, 0.1) is 31.9 Å². The zero-order chi connectivity index (χ0) is 29.3. The van der Waals surface area contributed by atoms with Gasteiger partial charge in [-0.25, -0.2) is 9.79 Å². The molecule has 5 rings (SSSR count). The second-order valence-electron chi connectivity index (χ2n) is 9.31. The number of benzene rings is 3. The highest BCUT2D eigenvalue weighted by molar-refractivity contribution is 7.07. The van der Waals surface area contributed by atoms with Crippen LogP contribution < -0.4 is 24.9 Å². The third-order valence-electron chi connectivity index (χ3n) is 6.35. The average molecular weight is 609 g/mol. The number of carbonyl (C=O) groups excluding carboxylic acids is 1. The van der Waals surface area contributed by atoms with Gasteiger partial charge in [0.15, 0.2) is 17.2 Å². The number of allylic oxidation sites excluding steroid dienone is 1. The van der Waals surface area contributed by atoms with Gasteiger partial charge in [-0.2, -0.15) is 0 Å². The molecule has 0 unspecified atom stereocenters. The quantitative estimate of drug-likeness (QED) is 0.309. The zero-order valence-electron chi connectivity index (χ0n) is 21.9. The van der Waals surface area contributed by atoms with E-state index in [2.05, 4.69) is 10.3 Å². The largest absolute Gasteiger partial charge is 0.479 e. The van der Waals surface area contributed by atoms with Gasteiger partial charge < -0.3 is 15.2 Å². The van der Waals surface area contributed by atoms with Crippen molar-refractivity contribution < 1.29 is 19.4 Å². The molecule has 2 N–H and O–H groups in total. The Bertz CT molecular complexity index is 1860. The number of carboxylic acids is 1. The van der Waals surface area contributed by atoms with Gasteiger partial charge in [0.25, 0.3) is 11.5 Å². The Morgan fingerprint density at radius 1 is 1.07 bits per heavy atom. The van der Waals surface area contributed by atoms with Crippen LogP contribution in [0.4, 0.5) is 5.69 Å². The number of fused-ring (bicyclic) bond motifs is 1. The van der Waals surface area contributed by atoms with Crippen LogP contribution in [0.5, 0.6) is 5.75 Å². The predicted octanol–water partition coefficient (Wildman–Crippen LogP) is 4.95. The molecule has 41 heavy (non-hydrogen) atoms. The van der Waals surface area contributed by atoms with Gasteiger partial charge in [-0.05, 0) is 55.3 Å². The summed E-state index contributed by atoms with van der Waals surface area (Å²) in [4.78, 5) is 43.5. The molecule has 1 aliphatic rings. The highest BCUT2D eigenvalue weighted by Crippen LogP contribution is 2.35. The molecular weight excluding hydrogens is 585 g/mol. The first kappa shape index (κ1) is 28.4. The number of amides is 1. The number of hydrogen-bond acceptors (Lipinski definition) is 6. The number of nitrogens with zero attached hydrogens (tertiary/aromatic N) is 2. The normalized spacial score (nSPS) is 14.8. The van der Waals surface area contributed by atoms with Gasteiger partial charge in [0.1, 0.15) is 0 Å². The number of anilines is 1. The minimum Gasteiger partial charge on any atom is -0.479 e. The molecule has 4 aromatic rings. The summed E-state index contributed by atoms with van der Waals surface area (Å²) in [6, 6.07) is 19.1. The summed E-state index contributed by atoms with van der Waals surface area (Å²) >= 11 is 13.8. The maximum Gasteiger partial charge on any atom is 0.341 e. The smallest absolute Gasteiger partial charge is 0.341 e. The van der Waals surface area contributed by atoms with E-state index in [4.69, 9.17) is 33.0 Å². The van der Waals surface area contributed by atoms with Crippen LogP contribution in [0.15, 0.2) is 87.8 Å². The third kappa shape index (κ3) is 5.97. The zero-order valence-corrected chi connectivity index (χ0v) is 24.2. The molecule has 0 radical (unpaired) electrons. The van der Waals surface area contributed by atoms with E-state index in [1.807, 2.05) is 49.4 Å². The van der Waals surface area contributed by atoms with Crippen LogP contribution in [0.25, 0.3) is 6.08 Å². The van der Waals surface area contributed by atoms with Gasteiger partial charge in [0, 0.05) is 5.69 Å². The van der Waals surface area contributed by atoms with Crippen molar-refractivity contribution in [3.8, 4) is 5.75 Å². The number of carboxylic acid groups (broad SMARTS) is 1. The number of nitrogens with one attached hydrogen (secondary N) is 1. The van der Waals surface area contributed by atoms with Crippen molar-refractivity contribution in [1.82, 2.24) is 4.57 Å².